The van der Waals surface area contributed by atoms with Gasteiger partial charge in [0.05, 0.1) is 6.54 Å². The Balaban J connectivity index is 1.79. The van der Waals surface area contributed by atoms with Crippen molar-refractivity contribution in [2.75, 3.05) is 20.6 Å². The van der Waals surface area contributed by atoms with Crippen molar-refractivity contribution < 1.29 is 13.6 Å². The van der Waals surface area contributed by atoms with Crippen molar-refractivity contribution in [3.63, 3.8) is 0 Å². The molecule has 1 aromatic heterocycles. The van der Waals surface area contributed by atoms with Gasteiger partial charge in [-0.25, -0.2) is 4.39 Å². The molecule has 1 amide bonds. The van der Waals surface area contributed by atoms with E-state index in [1.807, 2.05) is 12.1 Å². The minimum Gasteiger partial charge on any atom is -0.455 e. The van der Waals surface area contributed by atoms with Crippen molar-refractivity contribution in [1.82, 2.24) is 9.80 Å². The SMILES string of the molecule is CN(C)C(=O)c1ccc(CN2CCCCCC2c2cccc(F)c2)o1. The van der Waals surface area contributed by atoms with Crippen LogP contribution in [0.5, 0.6) is 0 Å². The third-order valence-corrected chi connectivity index (χ3v) is 4.73. The van der Waals surface area contributed by atoms with E-state index in [9.17, 15) is 9.18 Å². The maximum absolute atomic E-state index is 13.7. The molecule has 1 fully saturated rings. The smallest absolute Gasteiger partial charge is 0.289 e. The summed E-state index contributed by atoms with van der Waals surface area (Å²) < 4.78 is 19.4. The number of benzene rings is 1. The van der Waals surface area contributed by atoms with Crippen molar-refractivity contribution in [2.24, 2.45) is 0 Å². The van der Waals surface area contributed by atoms with Gasteiger partial charge in [-0.05, 0) is 49.2 Å². The number of hydrogen-bond donors (Lipinski definition) is 0. The van der Waals surface area contributed by atoms with Gasteiger partial charge in [0.15, 0.2) is 5.76 Å². The van der Waals surface area contributed by atoms with Gasteiger partial charge in [0.1, 0.15) is 11.6 Å². The first kappa shape index (κ1) is 17.7. The monoisotopic (exact) mass is 344 g/mol. The molecule has 2 aromatic rings. The van der Waals surface area contributed by atoms with Gasteiger partial charge < -0.3 is 9.32 Å². The largest absolute Gasteiger partial charge is 0.455 e. The molecular weight excluding hydrogens is 319 g/mol. The van der Waals surface area contributed by atoms with Crippen LogP contribution in [0.1, 0.15) is 53.6 Å². The molecule has 1 saturated heterocycles. The fraction of sp³-hybridized carbons (Fsp3) is 0.450. The molecule has 0 bridgehead atoms. The summed E-state index contributed by atoms with van der Waals surface area (Å²) in [6, 6.07) is 10.7. The Morgan fingerprint density at radius 1 is 1.24 bits per heavy atom. The fourth-order valence-corrected chi connectivity index (χ4v) is 3.45. The number of nitrogens with zero attached hydrogens (tertiary/aromatic N) is 2. The first-order valence-electron chi connectivity index (χ1n) is 8.84. The van der Waals surface area contributed by atoms with Gasteiger partial charge in [-0.2, -0.15) is 0 Å². The van der Waals surface area contributed by atoms with Crippen molar-refractivity contribution >= 4 is 5.91 Å². The van der Waals surface area contributed by atoms with E-state index in [-0.39, 0.29) is 17.8 Å². The lowest BCUT2D eigenvalue weighted by molar-refractivity contribution is 0.0791. The van der Waals surface area contributed by atoms with E-state index in [1.165, 1.54) is 17.4 Å². The van der Waals surface area contributed by atoms with E-state index in [0.29, 0.717) is 12.3 Å². The lowest BCUT2D eigenvalue weighted by atomic mass is 10.0. The summed E-state index contributed by atoms with van der Waals surface area (Å²) in [4.78, 5) is 15.8. The normalized spacial score (nSPS) is 18.8. The average molecular weight is 344 g/mol. The van der Waals surface area contributed by atoms with Crippen molar-refractivity contribution in [2.45, 2.75) is 38.3 Å². The molecule has 1 aliphatic heterocycles. The number of carbonyl (C=O) groups is 1. The van der Waals surface area contributed by atoms with Crippen LogP contribution in [-0.4, -0.2) is 36.3 Å². The van der Waals surface area contributed by atoms with Gasteiger partial charge >= 0.3 is 0 Å². The van der Waals surface area contributed by atoms with Crippen LogP contribution in [0.4, 0.5) is 4.39 Å². The van der Waals surface area contributed by atoms with E-state index < -0.39 is 0 Å². The second-order valence-electron chi connectivity index (χ2n) is 6.86. The predicted octanol–water partition coefficient (Wildman–Crippen LogP) is 4.24. The second-order valence-corrected chi connectivity index (χ2v) is 6.86. The summed E-state index contributed by atoms with van der Waals surface area (Å²) in [5.41, 5.74) is 1.01. The molecule has 0 radical (unpaired) electrons. The Bertz CT molecular complexity index is 726. The van der Waals surface area contributed by atoms with Crippen LogP contribution in [0.15, 0.2) is 40.8 Å². The molecule has 2 heterocycles. The highest BCUT2D eigenvalue weighted by atomic mass is 19.1. The van der Waals surface area contributed by atoms with E-state index in [2.05, 4.69) is 4.90 Å². The number of halogens is 1. The van der Waals surface area contributed by atoms with Gasteiger partial charge in [0, 0.05) is 20.1 Å². The highest BCUT2D eigenvalue weighted by Crippen LogP contribution is 2.32. The molecule has 1 aromatic carbocycles. The average Bonchev–Trinajstić information content (AvgIpc) is 2.92. The first-order valence-corrected chi connectivity index (χ1v) is 8.84. The third kappa shape index (κ3) is 4.28. The Morgan fingerprint density at radius 2 is 2.08 bits per heavy atom. The molecule has 5 heteroatoms. The zero-order valence-corrected chi connectivity index (χ0v) is 14.9. The highest BCUT2D eigenvalue weighted by molar-refractivity contribution is 5.91. The lowest BCUT2D eigenvalue weighted by Crippen LogP contribution is -2.28. The van der Waals surface area contributed by atoms with Gasteiger partial charge in [0.2, 0.25) is 0 Å². The Hall–Kier alpha value is -2.14. The van der Waals surface area contributed by atoms with E-state index in [1.54, 1.807) is 32.3 Å². The molecule has 0 N–H and O–H groups in total. The molecule has 0 saturated carbocycles. The van der Waals surface area contributed by atoms with Crippen LogP contribution < -0.4 is 0 Å². The molecule has 25 heavy (non-hydrogen) atoms. The van der Waals surface area contributed by atoms with Crippen LogP contribution >= 0.6 is 0 Å². The maximum Gasteiger partial charge on any atom is 0.289 e. The highest BCUT2D eigenvalue weighted by Gasteiger charge is 2.24. The molecule has 1 aliphatic rings. The first-order chi connectivity index (χ1) is 12.0. The predicted molar refractivity (Wildman–Crippen MR) is 94.7 cm³/mol. The maximum atomic E-state index is 13.7. The van der Waals surface area contributed by atoms with Crippen molar-refractivity contribution in [1.29, 1.82) is 0 Å². The number of likely N-dealkylation sites (tertiary alicyclic amines) is 1. The quantitative estimate of drug-likeness (QED) is 0.832. The summed E-state index contributed by atoms with van der Waals surface area (Å²) in [5.74, 6) is 0.799. The summed E-state index contributed by atoms with van der Waals surface area (Å²) in [6.07, 6.45) is 4.45. The van der Waals surface area contributed by atoms with Crippen LogP contribution in [0.3, 0.4) is 0 Å². The molecule has 1 unspecified atom stereocenters. The van der Waals surface area contributed by atoms with Crippen LogP contribution in [-0.2, 0) is 6.54 Å². The Kier molecular flexibility index (Phi) is 5.53. The summed E-state index contributed by atoms with van der Waals surface area (Å²) >= 11 is 0. The van der Waals surface area contributed by atoms with E-state index in [0.717, 1.165) is 37.1 Å². The molecular formula is C20H25FN2O2. The molecule has 134 valence electrons. The molecule has 4 nitrogen and oxygen atoms in total. The molecule has 0 spiro atoms. The Morgan fingerprint density at radius 3 is 2.84 bits per heavy atom. The van der Waals surface area contributed by atoms with E-state index in [4.69, 9.17) is 4.42 Å². The van der Waals surface area contributed by atoms with Crippen LogP contribution in [0, 0.1) is 5.82 Å². The Labute approximate surface area is 148 Å². The molecule has 1 atom stereocenters. The van der Waals surface area contributed by atoms with Crippen molar-refractivity contribution in [3.05, 3.63) is 59.3 Å². The molecule has 0 aliphatic carbocycles. The molecule has 3 rings (SSSR count). The van der Waals surface area contributed by atoms with E-state index >= 15 is 0 Å². The summed E-state index contributed by atoms with van der Waals surface area (Å²) in [6.45, 7) is 1.57. The van der Waals surface area contributed by atoms with Gasteiger partial charge in [-0.15, -0.1) is 0 Å². The van der Waals surface area contributed by atoms with Crippen molar-refractivity contribution in [3.8, 4) is 0 Å². The lowest BCUT2D eigenvalue weighted by Gasteiger charge is -2.29. The fourth-order valence-electron chi connectivity index (χ4n) is 3.45. The number of rotatable bonds is 4. The number of hydrogen-bond acceptors (Lipinski definition) is 3. The zero-order chi connectivity index (χ0) is 17.8. The topological polar surface area (TPSA) is 36.7 Å². The van der Waals surface area contributed by atoms with Crippen LogP contribution in [0.2, 0.25) is 0 Å². The van der Waals surface area contributed by atoms with Gasteiger partial charge in [0.25, 0.3) is 5.91 Å². The zero-order valence-electron chi connectivity index (χ0n) is 14.9. The number of furan rings is 1. The third-order valence-electron chi connectivity index (χ3n) is 4.73. The van der Waals surface area contributed by atoms with Crippen LogP contribution in [0.25, 0.3) is 0 Å². The summed E-state index contributed by atoms with van der Waals surface area (Å²) in [7, 11) is 3.42. The summed E-state index contributed by atoms with van der Waals surface area (Å²) in [5, 5.41) is 0. The minimum atomic E-state index is -0.196. The standard InChI is InChI=1S/C20H25FN2O2/c1-22(2)20(24)19-11-10-17(25-19)14-23-12-5-3-4-9-18(23)15-7-6-8-16(21)13-15/h6-8,10-11,13,18H,3-5,9,12,14H2,1-2H3. The van der Waals surface area contributed by atoms with Gasteiger partial charge in [-0.1, -0.05) is 25.0 Å². The number of carbonyl (C=O) groups excluding carboxylic acids is 1. The second kappa shape index (κ2) is 7.83. The number of amides is 1. The van der Waals surface area contributed by atoms with Gasteiger partial charge in [-0.3, -0.25) is 9.69 Å². The minimum absolute atomic E-state index is 0.135.